The Labute approximate surface area is 106 Å². The van der Waals surface area contributed by atoms with Gasteiger partial charge in [-0.3, -0.25) is 4.68 Å². The molecule has 3 nitrogen and oxygen atoms in total. The van der Waals surface area contributed by atoms with Crippen LogP contribution >= 0.6 is 0 Å². The zero-order valence-electron chi connectivity index (χ0n) is 10.8. The second kappa shape index (κ2) is 4.90. The molecule has 2 rings (SSSR count). The van der Waals surface area contributed by atoms with Gasteiger partial charge < -0.3 is 5.11 Å². The van der Waals surface area contributed by atoms with Gasteiger partial charge in [0, 0.05) is 19.2 Å². The zero-order chi connectivity index (χ0) is 13.3. The lowest BCUT2D eigenvalue weighted by Gasteiger charge is -2.13. The lowest BCUT2D eigenvalue weighted by molar-refractivity contribution is 0.174. The number of aliphatic hydroxyl groups is 1. The maximum atomic E-state index is 13.2. The molecule has 1 aromatic heterocycles. The monoisotopic (exact) mass is 248 g/mol. The summed E-state index contributed by atoms with van der Waals surface area (Å²) in [7, 11) is 1.84. The van der Waals surface area contributed by atoms with Gasteiger partial charge in [0.05, 0.1) is 11.8 Å². The highest BCUT2D eigenvalue weighted by atomic mass is 19.1. The Hall–Kier alpha value is -1.68. The first-order valence-corrected chi connectivity index (χ1v) is 5.91. The van der Waals surface area contributed by atoms with Gasteiger partial charge in [-0.2, -0.15) is 5.10 Å². The van der Waals surface area contributed by atoms with Gasteiger partial charge in [-0.05, 0) is 43.2 Å². The molecule has 18 heavy (non-hydrogen) atoms. The second-order valence-electron chi connectivity index (χ2n) is 4.62. The quantitative estimate of drug-likeness (QED) is 0.906. The smallest absolute Gasteiger partial charge is 0.123 e. The third kappa shape index (κ3) is 2.59. The van der Waals surface area contributed by atoms with Gasteiger partial charge in [-0.1, -0.05) is 6.07 Å². The minimum Gasteiger partial charge on any atom is -0.388 e. The molecule has 0 bridgehead atoms. The van der Waals surface area contributed by atoms with Crippen LogP contribution in [0.5, 0.6) is 0 Å². The predicted octanol–water partition coefficient (Wildman–Crippen LogP) is 2.45. The highest BCUT2D eigenvalue weighted by Crippen LogP contribution is 2.22. The fraction of sp³-hybridized carbons (Fsp3) is 0.357. The second-order valence-corrected chi connectivity index (χ2v) is 4.62. The number of nitrogens with zero attached hydrogens (tertiary/aromatic N) is 2. The average molecular weight is 248 g/mol. The van der Waals surface area contributed by atoms with E-state index in [2.05, 4.69) is 5.10 Å². The molecule has 1 heterocycles. The Kier molecular flexibility index (Phi) is 3.48. The number of benzene rings is 1. The molecule has 0 aliphatic heterocycles. The largest absolute Gasteiger partial charge is 0.388 e. The van der Waals surface area contributed by atoms with E-state index >= 15 is 0 Å². The molecule has 1 aromatic carbocycles. The molecule has 4 heteroatoms. The summed E-state index contributed by atoms with van der Waals surface area (Å²) in [4.78, 5) is 0. The van der Waals surface area contributed by atoms with Gasteiger partial charge in [-0.25, -0.2) is 4.39 Å². The summed E-state index contributed by atoms with van der Waals surface area (Å²) in [6.45, 7) is 3.77. The first-order chi connectivity index (χ1) is 8.47. The summed E-state index contributed by atoms with van der Waals surface area (Å²) in [5.41, 5.74) is 3.37. The van der Waals surface area contributed by atoms with Gasteiger partial charge in [-0.15, -0.1) is 0 Å². The molecule has 0 aliphatic rings. The number of hydrogen-bond acceptors (Lipinski definition) is 2. The number of rotatable bonds is 3. The van der Waals surface area contributed by atoms with Crippen molar-refractivity contribution < 1.29 is 9.50 Å². The van der Waals surface area contributed by atoms with Crippen molar-refractivity contribution in [3.63, 3.8) is 0 Å². The molecule has 0 fully saturated rings. The molecule has 0 saturated carbocycles. The van der Waals surface area contributed by atoms with E-state index in [4.69, 9.17) is 0 Å². The lowest BCUT2D eigenvalue weighted by Crippen LogP contribution is -2.08. The van der Waals surface area contributed by atoms with E-state index in [0.717, 1.165) is 17.0 Å². The van der Waals surface area contributed by atoms with Gasteiger partial charge in [0.15, 0.2) is 0 Å². The van der Waals surface area contributed by atoms with Crippen LogP contribution < -0.4 is 0 Å². The first kappa shape index (κ1) is 12.8. The number of halogens is 1. The van der Waals surface area contributed by atoms with E-state index < -0.39 is 6.10 Å². The zero-order valence-corrected chi connectivity index (χ0v) is 10.8. The number of hydrogen-bond donors (Lipinski definition) is 1. The molecule has 1 atom stereocenters. The van der Waals surface area contributed by atoms with Gasteiger partial charge in [0.2, 0.25) is 0 Å². The summed E-state index contributed by atoms with van der Waals surface area (Å²) < 4.78 is 14.9. The third-order valence-corrected chi connectivity index (χ3v) is 3.10. The fourth-order valence-electron chi connectivity index (χ4n) is 2.13. The van der Waals surface area contributed by atoms with Crippen LogP contribution in [0.4, 0.5) is 4.39 Å². The Morgan fingerprint density at radius 2 is 2.06 bits per heavy atom. The Morgan fingerprint density at radius 1 is 1.33 bits per heavy atom. The Bertz CT molecular complexity index is 563. The number of aliphatic hydroxyl groups excluding tert-OH is 1. The molecule has 0 saturated heterocycles. The van der Waals surface area contributed by atoms with Crippen molar-refractivity contribution in [2.75, 3.05) is 0 Å². The van der Waals surface area contributed by atoms with Crippen molar-refractivity contribution in [3.05, 3.63) is 52.6 Å². The summed E-state index contributed by atoms with van der Waals surface area (Å²) in [5.74, 6) is -0.323. The Morgan fingerprint density at radius 3 is 2.67 bits per heavy atom. The van der Waals surface area contributed by atoms with Crippen molar-refractivity contribution in [1.82, 2.24) is 9.78 Å². The summed E-state index contributed by atoms with van der Waals surface area (Å²) in [6.07, 6.45) is -0.280. The normalized spacial score (nSPS) is 12.7. The number of aryl methyl sites for hydroxylation is 3. The van der Waals surface area contributed by atoms with Crippen molar-refractivity contribution in [2.45, 2.75) is 26.4 Å². The predicted molar refractivity (Wildman–Crippen MR) is 67.7 cm³/mol. The maximum absolute atomic E-state index is 13.2. The van der Waals surface area contributed by atoms with Crippen LogP contribution in [0.2, 0.25) is 0 Å². The summed E-state index contributed by atoms with van der Waals surface area (Å²) in [5, 5.41) is 14.4. The molecule has 96 valence electrons. The van der Waals surface area contributed by atoms with E-state index in [1.165, 1.54) is 12.1 Å². The van der Waals surface area contributed by atoms with Gasteiger partial charge >= 0.3 is 0 Å². The highest BCUT2D eigenvalue weighted by molar-refractivity contribution is 5.29. The average Bonchev–Trinajstić information content (AvgIpc) is 2.61. The van der Waals surface area contributed by atoms with Crippen molar-refractivity contribution in [1.29, 1.82) is 0 Å². The first-order valence-electron chi connectivity index (χ1n) is 5.91. The van der Waals surface area contributed by atoms with Crippen molar-refractivity contribution in [2.24, 2.45) is 7.05 Å². The van der Waals surface area contributed by atoms with Crippen molar-refractivity contribution >= 4 is 0 Å². The van der Waals surface area contributed by atoms with Crippen LogP contribution in [-0.2, 0) is 13.5 Å². The van der Waals surface area contributed by atoms with Gasteiger partial charge in [0.1, 0.15) is 5.82 Å². The highest BCUT2D eigenvalue weighted by Gasteiger charge is 2.14. The molecule has 0 aliphatic carbocycles. The number of aromatic nitrogens is 2. The van der Waals surface area contributed by atoms with Crippen LogP contribution in [0.3, 0.4) is 0 Å². The molecule has 0 spiro atoms. The summed E-state index contributed by atoms with van der Waals surface area (Å²) in [6, 6.07) is 6.41. The molecular formula is C14H17FN2O. The van der Waals surface area contributed by atoms with E-state index in [1.807, 2.05) is 27.0 Å². The third-order valence-electron chi connectivity index (χ3n) is 3.10. The van der Waals surface area contributed by atoms with Crippen LogP contribution in [0, 0.1) is 19.7 Å². The van der Waals surface area contributed by atoms with Gasteiger partial charge in [0.25, 0.3) is 0 Å². The van der Waals surface area contributed by atoms with Crippen LogP contribution in [0.25, 0.3) is 0 Å². The van der Waals surface area contributed by atoms with E-state index in [0.29, 0.717) is 12.0 Å². The minimum atomic E-state index is -0.713. The molecule has 1 N–H and O–H groups in total. The molecule has 0 amide bonds. The topological polar surface area (TPSA) is 38.0 Å². The molecule has 1 unspecified atom stereocenters. The van der Waals surface area contributed by atoms with Crippen LogP contribution in [0.15, 0.2) is 24.3 Å². The molecular weight excluding hydrogens is 231 g/mol. The molecule has 0 radical (unpaired) electrons. The molecule has 2 aromatic rings. The SMILES string of the molecule is Cc1cc(CC(O)c2cc(F)ccc2C)n(C)n1. The Balaban J connectivity index is 2.24. The van der Waals surface area contributed by atoms with Crippen molar-refractivity contribution in [3.8, 4) is 0 Å². The van der Waals surface area contributed by atoms with E-state index in [-0.39, 0.29) is 5.82 Å². The van der Waals surface area contributed by atoms with Crippen LogP contribution in [0.1, 0.15) is 28.6 Å². The standard InChI is InChI=1S/C14H17FN2O/c1-9-4-5-11(15)7-13(9)14(18)8-12-6-10(2)16-17(12)3/h4-7,14,18H,8H2,1-3H3. The van der Waals surface area contributed by atoms with E-state index in [1.54, 1.807) is 10.7 Å². The fourth-order valence-corrected chi connectivity index (χ4v) is 2.13. The van der Waals surface area contributed by atoms with E-state index in [9.17, 15) is 9.50 Å². The summed E-state index contributed by atoms with van der Waals surface area (Å²) >= 11 is 0. The lowest BCUT2D eigenvalue weighted by atomic mass is 10.00. The minimum absolute atomic E-state index is 0.323. The van der Waals surface area contributed by atoms with Crippen LogP contribution in [-0.4, -0.2) is 14.9 Å². The maximum Gasteiger partial charge on any atom is 0.123 e.